The molecular formula is C26H26N4O5. The first-order valence-corrected chi connectivity index (χ1v) is 11.3. The predicted molar refractivity (Wildman–Crippen MR) is 128 cm³/mol. The summed E-state index contributed by atoms with van der Waals surface area (Å²) in [5.41, 5.74) is 4.68. The van der Waals surface area contributed by atoms with E-state index in [2.05, 4.69) is 32.7 Å². The number of ether oxygens (including phenoxy) is 1. The fourth-order valence-corrected chi connectivity index (χ4v) is 4.10. The Hall–Kier alpha value is -4.27. The molecule has 180 valence electrons. The molecule has 1 atom stereocenters. The van der Waals surface area contributed by atoms with Crippen LogP contribution in [0.4, 0.5) is 4.79 Å². The lowest BCUT2D eigenvalue weighted by Gasteiger charge is -2.17. The summed E-state index contributed by atoms with van der Waals surface area (Å²) in [5.74, 6) is -1.73. The molecule has 0 bridgehead atoms. The van der Waals surface area contributed by atoms with Gasteiger partial charge in [0.15, 0.2) is 0 Å². The zero-order chi connectivity index (χ0) is 24.9. The van der Waals surface area contributed by atoms with Crippen molar-refractivity contribution in [2.45, 2.75) is 32.4 Å². The Morgan fingerprint density at radius 2 is 1.54 bits per heavy atom. The highest BCUT2D eigenvalue weighted by molar-refractivity contribution is 5.96. The van der Waals surface area contributed by atoms with Crippen molar-refractivity contribution in [3.63, 3.8) is 0 Å². The van der Waals surface area contributed by atoms with Gasteiger partial charge in [0, 0.05) is 18.3 Å². The van der Waals surface area contributed by atoms with Crippen molar-refractivity contribution in [3.05, 3.63) is 83.4 Å². The molecule has 9 heteroatoms. The maximum atomic E-state index is 12.3. The van der Waals surface area contributed by atoms with Crippen LogP contribution in [0.1, 0.15) is 47.1 Å². The third-order valence-electron chi connectivity index (χ3n) is 5.92. The zero-order valence-electron chi connectivity index (χ0n) is 19.4. The van der Waals surface area contributed by atoms with Gasteiger partial charge in [-0.3, -0.25) is 4.79 Å². The summed E-state index contributed by atoms with van der Waals surface area (Å²) in [4.78, 5) is 44.0. The van der Waals surface area contributed by atoms with Gasteiger partial charge in [-0.05, 0) is 28.2 Å². The standard InChI is InChI=1S/C26H26N4O5/c1-15(2)23(25(32)33)30-24(31)16-11-27-22(28-12-16)13-29-26(34)35-14-21-19-9-5-3-7-17(19)18-8-4-6-10-20(18)21/h3-12,15,21,23H,13-14H2,1-2H3,(H,29,34)(H,30,31)(H,32,33). The molecule has 2 aromatic carbocycles. The Labute approximate surface area is 202 Å². The van der Waals surface area contributed by atoms with Crippen molar-refractivity contribution in [3.8, 4) is 11.1 Å². The van der Waals surface area contributed by atoms with Crippen molar-refractivity contribution in [2.24, 2.45) is 5.92 Å². The number of benzene rings is 2. The first-order valence-electron chi connectivity index (χ1n) is 11.3. The number of carbonyl (C=O) groups is 3. The molecule has 35 heavy (non-hydrogen) atoms. The second-order valence-corrected chi connectivity index (χ2v) is 8.60. The highest BCUT2D eigenvalue weighted by Gasteiger charge is 2.29. The van der Waals surface area contributed by atoms with Crippen LogP contribution in [0.25, 0.3) is 11.1 Å². The Balaban J connectivity index is 1.30. The highest BCUT2D eigenvalue weighted by atomic mass is 16.5. The Morgan fingerprint density at radius 1 is 0.971 bits per heavy atom. The van der Waals surface area contributed by atoms with Crippen LogP contribution < -0.4 is 10.6 Å². The van der Waals surface area contributed by atoms with E-state index in [0.29, 0.717) is 0 Å². The number of nitrogens with one attached hydrogen (secondary N) is 2. The zero-order valence-corrected chi connectivity index (χ0v) is 19.4. The summed E-state index contributed by atoms with van der Waals surface area (Å²) in [6, 6.07) is 15.2. The number of amides is 2. The molecule has 0 radical (unpaired) electrons. The molecular weight excluding hydrogens is 448 g/mol. The van der Waals surface area contributed by atoms with E-state index in [1.807, 2.05) is 36.4 Å². The summed E-state index contributed by atoms with van der Waals surface area (Å²) >= 11 is 0. The molecule has 0 fully saturated rings. The Morgan fingerprint density at radius 3 is 2.09 bits per heavy atom. The number of nitrogens with zero attached hydrogens (tertiary/aromatic N) is 2. The number of hydrogen-bond acceptors (Lipinski definition) is 6. The van der Waals surface area contributed by atoms with Gasteiger partial charge >= 0.3 is 12.1 Å². The van der Waals surface area contributed by atoms with Crippen molar-refractivity contribution >= 4 is 18.0 Å². The Kier molecular flexibility index (Phi) is 7.05. The van der Waals surface area contributed by atoms with Gasteiger partial charge in [-0.25, -0.2) is 19.6 Å². The topological polar surface area (TPSA) is 131 Å². The molecule has 1 aromatic heterocycles. The molecule has 0 saturated heterocycles. The molecule has 1 aliphatic carbocycles. The number of alkyl carbamates (subject to hydrolysis) is 1. The molecule has 0 spiro atoms. The summed E-state index contributed by atoms with van der Waals surface area (Å²) < 4.78 is 5.49. The van der Waals surface area contributed by atoms with Gasteiger partial charge in [-0.15, -0.1) is 0 Å². The highest BCUT2D eigenvalue weighted by Crippen LogP contribution is 2.44. The van der Waals surface area contributed by atoms with Gasteiger partial charge in [0.25, 0.3) is 5.91 Å². The molecule has 1 aliphatic rings. The lowest BCUT2D eigenvalue weighted by atomic mass is 9.98. The van der Waals surface area contributed by atoms with Crippen LogP contribution in [-0.2, 0) is 16.1 Å². The molecule has 2 amide bonds. The minimum absolute atomic E-state index is 0.0162. The van der Waals surface area contributed by atoms with Crippen LogP contribution >= 0.6 is 0 Å². The number of hydrogen-bond donors (Lipinski definition) is 3. The Bertz CT molecular complexity index is 1200. The van der Waals surface area contributed by atoms with E-state index in [9.17, 15) is 19.5 Å². The molecule has 0 aliphatic heterocycles. The first-order chi connectivity index (χ1) is 16.8. The maximum absolute atomic E-state index is 12.3. The molecule has 9 nitrogen and oxygen atoms in total. The minimum Gasteiger partial charge on any atom is -0.480 e. The van der Waals surface area contributed by atoms with E-state index < -0.39 is 24.0 Å². The van der Waals surface area contributed by atoms with Crippen molar-refractivity contribution in [2.75, 3.05) is 6.61 Å². The molecule has 4 rings (SSSR count). The van der Waals surface area contributed by atoms with Gasteiger partial charge < -0.3 is 20.5 Å². The smallest absolute Gasteiger partial charge is 0.407 e. The molecule has 3 N–H and O–H groups in total. The number of fused-ring (bicyclic) bond motifs is 3. The number of carbonyl (C=O) groups excluding carboxylic acids is 2. The number of aromatic nitrogens is 2. The van der Waals surface area contributed by atoms with Crippen LogP contribution in [0, 0.1) is 5.92 Å². The van der Waals surface area contributed by atoms with E-state index in [0.717, 1.165) is 22.3 Å². The van der Waals surface area contributed by atoms with Crippen LogP contribution in [0.15, 0.2) is 60.9 Å². The van der Waals surface area contributed by atoms with Crippen molar-refractivity contribution in [1.29, 1.82) is 0 Å². The third kappa shape index (κ3) is 5.29. The molecule has 0 saturated carbocycles. The van der Waals surface area contributed by atoms with Gasteiger partial charge in [-0.1, -0.05) is 62.4 Å². The quantitative estimate of drug-likeness (QED) is 0.456. The second-order valence-electron chi connectivity index (χ2n) is 8.60. The van der Waals surface area contributed by atoms with Crippen molar-refractivity contribution in [1.82, 2.24) is 20.6 Å². The van der Waals surface area contributed by atoms with Gasteiger partial charge in [0.05, 0.1) is 12.1 Å². The van der Waals surface area contributed by atoms with Crippen LogP contribution in [0.5, 0.6) is 0 Å². The van der Waals surface area contributed by atoms with Crippen LogP contribution in [0.3, 0.4) is 0 Å². The fraction of sp³-hybridized carbons (Fsp3) is 0.269. The van der Waals surface area contributed by atoms with Gasteiger partial charge in [-0.2, -0.15) is 0 Å². The summed E-state index contributed by atoms with van der Waals surface area (Å²) in [5, 5.41) is 14.3. The van der Waals surface area contributed by atoms with Gasteiger partial charge in [0.1, 0.15) is 18.5 Å². The summed E-state index contributed by atoms with van der Waals surface area (Å²) in [7, 11) is 0. The normalized spacial score (nSPS) is 13.0. The molecule has 1 unspecified atom stereocenters. The van der Waals surface area contributed by atoms with E-state index in [4.69, 9.17) is 4.74 Å². The van der Waals surface area contributed by atoms with E-state index in [-0.39, 0.29) is 36.4 Å². The average molecular weight is 475 g/mol. The third-order valence-corrected chi connectivity index (χ3v) is 5.92. The fourth-order valence-electron chi connectivity index (χ4n) is 4.10. The molecule has 3 aromatic rings. The largest absolute Gasteiger partial charge is 0.480 e. The van der Waals surface area contributed by atoms with Crippen LogP contribution in [-0.4, -0.2) is 45.7 Å². The first kappa shape index (κ1) is 23.9. The number of carboxylic acid groups (broad SMARTS) is 1. The van der Waals surface area contributed by atoms with E-state index in [1.54, 1.807) is 13.8 Å². The predicted octanol–water partition coefficient (Wildman–Crippen LogP) is 3.35. The summed E-state index contributed by atoms with van der Waals surface area (Å²) in [6.07, 6.45) is 1.98. The molecule has 1 heterocycles. The van der Waals surface area contributed by atoms with Crippen molar-refractivity contribution < 1.29 is 24.2 Å². The SMILES string of the molecule is CC(C)C(NC(=O)c1cnc(CNC(=O)OCC2c3ccccc3-c3ccccc32)nc1)C(=O)O. The van der Waals surface area contributed by atoms with E-state index in [1.165, 1.54) is 12.4 Å². The second kappa shape index (κ2) is 10.3. The minimum atomic E-state index is -1.11. The van der Waals surface area contributed by atoms with E-state index >= 15 is 0 Å². The van der Waals surface area contributed by atoms with Gasteiger partial charge in [0.2, 0.25) is 0 Å². The summed E-state index contributed by atoms with van der Waals surface area (Å²) in [6.45, 7) is 3.62. The lowest BCUT2D eigenvalue weighted by Crippen LogP contribution is -2.44. The average Bonchev–Trinajstić information content (AvgIpc) is 3.18. The van der Waals surface area contributed by atoms with Crippen LogP contribution in [0.2, 0.25) is 0 Å². The number of rotatable bonds is 8. The maximum Gasteiger partial charge on any atom is 0.407 e. The lowest BCUT2D eigenvalue weighted by molar-refractivity contribution is -0.140. The number of aliphatic carboxylic acids is 1. The number of carboxylic acids is 1. The monoisotopic (exact) mass is 474 g/mol.